The number of amides is 2. The molecule has 150 valence electrons. The predicted molar refractivity (Wildman–Crippen MR) is 105 cm³/mol. The largest absolute Gasteiger partial charge is 0.464 e. The topological polar surface area (TPSA) is 93.3 Å². The second-order valence-corrected chi connectivity index (χ2v) is 7.18. The van der Waals surface area contributed by atoms with Crippen LogP contribution in [0.2, 0.25) is 0 Å². The second kappa shape index (κ2) is 8.72. The van der Waals surface area contributed by atoms with E-state index in [1.807, 2.05) is 47.3 Å². The average Bonchev–Trinajstić information content (AvgIpc) is 3.47. The van der Waals surface area contributed by atoms with Crippen molar-refractivity contribution in [1.29, 1.82) is 0 Å². The molecule has 1 saturated heterocycles. The smallest absolute Gasteiger partial charge is 0.311 e. The first-order valence-corrected chi connectivity index (χ1v) is 9.73. The van der Waals surface area contributed by atoms with Crippen LogP contribution >= 0.6 is 0 Å². The molecule has 3 aromatic rings. The van der Waals surface area contributed by atoms with Crippen LogP contribution in [0.5, 0.6) is 0 Å². The number of piperidine rings is 1. The number of aromatic nitrogens is 3. The highest BCUT2D eigenvalue weighted by molar-refractivity contribution is 6.35. The van der Waals surface area contributed by atoms with Gasteiger partial charge in [0, 0.05) is 37.9 Å². The maximum absolute atomic E-state index is 12.5. The molecular formula is C21H23N5O3. The molecule has 1 aliphatic rings. The second-order valence-electron chi connectivity index (χ2n) is 7.18. The lowest BCUT2D eigenvalue weighted by atomic mass is 9.97. The van der Waals surface area contributed by atoms with Crippen molar-refractivity contribution in [3.8, 4) is 11.3 Å². The average molecular weight is 393 g/mol. The molecule has 8 nitrogen and oxygen atoms in total. The molecule has 1 fully saturated rings. The summed E-state index contributed by atoms with van der Waals surface area (Å²) in [7, 11) is 0. The Kier molecular flexibility index (Phi) is 5.69. The summed E-state index contributed by atoms with van der Waals surface area (Å²) in [5, 5.41) is 10.5. The van der Waals surface area contributed by atoms with Crippen LogP contribution < -0.4 is 5.32 Å². The zero-order valence-electron chi connectivity index (χ0n) is 16.0. The van der Waals surface area contributed by atoms with E-state index < -0.39 is 11.8 Å². The summed E-state index contributed by atoms with van der Waals surface area (Å²) in [6.07, 6.45) is 6.81. The predicted octanol–water partition coefficient (Wildman–Crippen LogP) is 2.09. The number of hydrogen-bond acceptors (Lipinski definition) is 5. The number of carbonyl (C=O) groups is 2. The van der Waals surface area contributed by atoms with E-state index in [0.29, 0.717) is 19.0 Å². The van der Waals surface area contributed by atoms with Crippen molar-refractivity contribution in [3.63, 3.8) is 0 Å². The quantitative estimate of drug-likeness (QED) is 0.670. The molecule has 0 unspecified atom stereocenters. The third-order valence-electron chi connectivity index (χ3n) is 5.26. The summed E-state index contributed by atoms with van der Waals surface area (Å²) in [4.78, 5) is 26.6. The van der Waals surface area contributed by atoms with Crippen LogP contribution in [0.1, 0.15) is 18.4 Å². The molecule has 0 radical (unpaired) electrons. The lowest BCUT2D eigenvalue weighted by Crippen LogP contribution is -2.46. The van der Waals surface area contributed by atoms with E-state index in [0.717, 1.165) is 36.3 Å². The van der Waals surface area contributed by atoms with Crippen molar-refractivity contribution in [2.75, 3.05) is 13.1 Å². The fourth-order valence-electron chi connectivity index (χ4n) is 3.65. The zero-order chi connectivity index (χ0) is 20.1. The van der Waals surface area contributed by atoms with Crippen molar-refractivity contribution in [2.24, 2.45) is 5.92 Å². The number of nitrogens with one attached hydrogen (secondary N) is 1. The van der Waals surface area contributed by atoms with Crippen LogP contribution in [0, 0.1) is 5.92 Å². The van der Waals surface area contributed by atoms with Gasteiger partial charge >= 0.3 is 11.8 Å². The first-order valence-electron chi connectivity index (χ1n) is 9.73. The number of carbonyl (C=O) groups excluding carboxylic acids is 2. The highest BCUT2D eigenvalue weighted by Crippen LogP contribution is 2.24. The summed E-state index contributed by atoms with van der Waals surface area (Å²) in [5.74, 6) is 0.119. The summed E-state index contributed by atoms with van der Waals surface area (Å²) in [6.45, 7) is 2.21. The minimum Gasteiger partial charge on any atom is -0.464 e. The highest BCUT2D eigenvalue weighted by Gasteiger charge is 2.27. The zero-order valence-corrected chi connectivity index (χ0v) is 16.0. The van der Waals surface area contributed by atoms with Gasteiger partial charge in [0.15, 0.2) is 0 Å². The number of hydrogen-bond donors (Lipinski definition) is 1. The molecule has 3 heterocycles. The molecule has 0 atom stereocenters. The van der Waals surface area contributed by atoms with Gasteiger partial charge in [0.2, 0.25) is 0 Å². The molecule has 2 aromatic heterocycles. The Balaban J connectivity index is 1.29. The molecule has 8 heteroatoms. The van der Waals surface area contributed by atoms with Crippen molar-refractivity contribution >= 4 is 11.8 Å². The maximum Gasteiger partial charge on any atom is 0.311 e. The molecular weight excluding hydrogens is 370 g/mol. The minimum atomic E-state index is -0.575. The molecule has 1 aromatic carbocycles. The van der Waals surface area contributed by atoms with Gasteiger partial charge in [-0.15, -0.1) is 5.10 Å². The lowest BCUT2D eigenvalue weighted by molar-refractivity contribution is -0.146. The molecule has 4 rings (SSSR count). The highest BCUT2D eigenvalue weighted by atomic mass is 16.3. The van der Waals surface area contributed by atoms with Gasteiger partial charge in [-0.05, 0) is 36.5 Å². The van der Waals surface area contributed by atoms with Gasteiger partial charge in [-0.2, -0.15) is 0 Å². The summed E-state index contributed by atoms with van der Waals surface area (Å²) in [5.41, 5.74) is 1.80. The molecule has 1 aliphatic heterocycles. The van der Waals surface area contributed by atoms with Crippen LogP contribution in [0.3, 0.4) is 0 Å². The van der Waals surface area contributed by atoms with E-state index in [1.165, 1.54) is 0 Å². The first-order chi connectivity index (χ1) is 14.2. The lowest BCUT2D eigenvalue weighted by Gasteiger charge is -2.31. The van der Waals surface area contributed by atoms with Crippen LogP contribution in [-0.4, -0.2) is 44.8 Å². The van der Waals surface area contributed by atoms with Gasteiger partial charge in [0.05, 0.1) is 12.5 Å². The maximum atomic E-state index is 12.5. The normalized spacial score (nSPS) is 14.7. The summed E-state index contributed by atoms with van der Waals surface area (Å²) >= 11 is 0. The van der Waals surface area contributed by atoms with Gasteiger partial charge in [0.1, 0.15) is 5.76 Å². The SMILES string of the molecule is O=C(NCc1ccccc1-c1ccco1)C(=O)N1CCC(Cn2ccnn2)CC1. The summed E-state index contributed by atoms with van der Waals surface area (Å²) in [6, 6.07) is 11.4. The van der Waals surface area contributed by atoms with E-state index >= 15 is 0 Å². The van der Waals surface area contributed by atoms with Gasteiger partial charge in [-0.1, -0.05) is 29.5 Å². The number of benzene rings is 1. The molecule has 0 bridgehead atoms. The Bertz CT molecular complexity index is 945. The molecule has 2 amide bonds. The van der Waals surface area contributed by atoms with Crippen molar-refractivity contribution in [3.05, 3.63) is 60.6 Å². The fraction of sp³-hybridized carbons (Fsp3) is 0.333. The molecule has 0 aliphatic carbocycles. The number of rotatable bonds is 5. The Hall–Kier alpha value is -3.42. The van der Waals surface area contributed by atoms with Gasteiger partial charge in [-0.25, -0.2) is 0 Å². The Morgan fingerprint density at radius 1 is 1.14 bits per heavy atom. The third kappa shape index (κ3) is 4.53. The first kappa shape index (κ1) is 18.9. The van der Waals surface area contributed by atoms with E-state index in [9.17, 15) is 9.59 Å². The monoisotopic (exact) mass is 393 g/mol. The fourth-order valence-corrected chi connectivity index (χ4v) is 3.65. The van der Waals surface area contributed by atoms with Crippen LogP contribution in [0.25, 0.3) is 11.3 Å². The minimum absolute atomic E-state index is 0.268. The third-order valence-corrected chi connectivity index (χ3v) is 5.26. The Morgan fingerprint density at radius 3 is 2.69 bits per heavy atom. The molecule has 0 saturated carbocycles. The van der Waals surface area contributed by atoms with Crippen molar-refractivity contribution < 1.29 is 14.0 Å². The molecule has 0 spiro atoms. The van der Waals surface area contributed by atoms with E-state index in [1.54, 1.807) is 17.4 Å². The van der Waals surface area contributed by atoms with Crippen molar-refractivity contribution in [1.82, 2.24) is 25.2 Å². The number of furan rings is 1. The van der Waals surface area contributed by atoms with E-state index in [-0.39, 0.29) is 6.54 Å². The van der Waals surface area contributed by atoms with Crippen LogP contribution in [-0.2, 0) is 22.7 Å². The Morgan fingerprint density at radius 2 is 1.97 bits per heavy atom. The standard InChI is InChI=1S/C21H23N5O3/c27-20(22-14-17-4-1-2-5-18(17)19-6-3-13-29-19)21(28)25-10-7-16(8-11-25)15-26-12-9-23-24-26/h1-6,9,12-13,16H,7-8,10-11,14-15H2,(H,22,27). The summed E-state index contributed by atoms with van der Waals surface area (Å²) < 4.78 is 7.27. The number of nitrogens with zero attached hydrogens (tertiary/aromatic N) is 4. The Labute approximate surface area is 168 Å². The van der Waals surface area contributed by atoms with Crippen LogP contribution in [0.4, 0.5) is 0 Å². The number of likely N-dealkylation sites (tertiary alicyclic amines) is 1. The van der Waals surface area contributed by atoms with E-state index in [2.05, 4.69) is 15.6 Å². The van der Waals surface area contributed by atoms with Gasteiger partial charge in [0.25, 0.3) is 0 Å². The van der Waals surface area contributed by atoms with Gasteiger partial charge in [-0.3, -0.25) is 14.3 Å². The molecule has 1 N–H and O–H groups in total. The van der Waals surface area contributed by atoms with Crippen molar-refractivity contribution in [2.45, 2.75) is 25.9 Å². The molecule has 29 heavy (non-hydrogen) atoms. The van der Waals surface area contributed by atoms with Gasteiger partial charge < -0.3 is 14.6 Å². The van der Waals surface area contributed by atoms with E-state index in [4.69, 9.17) is 4.42 Å². The van der Waals surface area contributed by atoms with Crippen LogP contribution in [0.15, 0.2) is 59.5 Å².